The summed E-state index contributed by atoms with van der Waals surface area (Å²) in [6.07, 6.45) is 3.05. The highest BCUT2D eigenvalue weighted by molar-refractivity contribution is 5.85. The van der Waals surface area contributed by atoms with Gasteiger partial charge in [0.1, 0.15) is 5.54 Å². The van der Waals surface area contributed by atoms with Crippen molar-refractivity contribution in [2.75, 3.05) is 13.6 Å². The third-order valence-electron chi connectivity index (χ3n) is 3.76. The van der Waals surface area contributed by atoms with Gasteiger partial charge >= 0.3 is 0 Å². The zero-order chi connectivity index (χ0) is 13.2. The normalized spacial score (nSPS) is 18.6. The first-order valence-electron chi connectivity index (χ1n) is 6.38. The Morgan fingerprint density at radius 2 is 2.00 bits per heavy atom. The molecule has 0 aliphatic heterocycles. The van der Waals surface area contributed by atoms with Gasteiger partial charge < -0.3 is 16.4 Å². The highest BCUT2D eigenvalue weighted by atomic mass is 16.1. The van der Waals surface area contributed by atoms with Crippen LogP contribution in [0.25, 0.3) is 0 Å². The zero-order valence-electron chi connectivity index (χ0n) is 10.8. The predicted octanol–water partition coefficient (Wildman–Crippen LogP) is 0.810. The Kier molecular flexibility index (Phi) is 3.68. The van der Waals surface area contributed by atoms with Crippen LogP contribution in [0.15, 0.2) is 30.3 Å². The predicted molar refractivity (Wildman–Crippen MR) is 71.8 cm³/mol. The van der Waals surface area contributed by atoms with Crippen LogP contribution in [0.5, 0.6) is 0 Å². The van der Waals surface area contributed by atoms with Crippen LogP contribution in [-0.2, 0) is 10.3 Å². The molecule has 1 aromatic rings. The zero-order valence-corrected chi connectivity index (χ0v) is 10.8. The molecule has 0 spiro atoms. The lowest BCUT2D eigenvalue weighted by Gasteiger charge is -2.29. The van der Waals surface area contributed by atoms with Gasteiger partial charge in [-0.15, -0.1) is 0 Å². The minimum absolute atomic E-state index is 0.460. The fraction of sp³-hybridized carbons (Fsp3) is 0.500. The Morgan fingerprint density at radius 1 is 1.39 bits per heavy atom. The Balaban J connectivity index is 2.09. The maximum absolute atomic E-state index is 11.7. The van der Waals surface area contributed by atoms with Crippen LogP contribution in [0.1, 0.15) is 24.8 Å². The third kappa shape index (κ3) is 2.71. The van der Waals surface area contributed by atoms with Crippen LogP contribution in [0.4, 0.5) is 0 Å². The van der Waals surface area contributed by atoms with Crippen molar-refractivity contribution in [3.05, 3.63) is 35.9 Å². The lowest BCUT2D eigenvalue weighted by atomic mass is 9.87. The largest absolute Gasteiger partial charge is 0.368 e. The van der Waals surface area contributed by atoms with E-state index in [2.05, 4.69) is 11.9 Å². The molecule has 0 heterocycles. The summed E-state index contributed by atoms with van der Waals surface area (Å²) in [7, 11) is 2.07. The van der Waals surface area contributed by atoms with E-state index in [0.29, 0.717) is 12.5 Å². The first kappa shape index (κ1) is 13.1. The molecule has 0 bridgehead atoms. The van der Waals surface area contributed by atoms with Crippen LogP contribution >= 0.6 is 0 Å². The Morgan fingerprint density at radius 3 is 2.50 bits per heavy atom. The summed E-state index contributed by atoms with van der Waals surface area (Å²) in [5, 5.41) is 0. The molecule has 98 valence electrons. The smallest absolute Gasteiger partial charge is 0.242 e. The van der Waals surface area contributed by atoms with Gasteiger partial charge in [0.25, 0.3) is 0 Å². The average molecular weight is 247 g/mol. The van der Waals surface area contributed by atoms with E-state index in [4.69, 9.17) is 11.5 Å². The molecular weight excluding hydrogens is 226 g/mol. The first-order chi connectivity index (χ1) is 8.54. The maximum Gasteiger partial charge on any atom is 0.242 e. The number of amides is 1. The fourth-order valence-electron chi connectivity index (χ4n) is 2.20. The number of nitrogens with zero attached hydrogens (tertiary/aromatic N) is 1. The number of hydrogen-bond donors (Lipinski definition) is 2. The van der Waals surface area contributed by atoms with Gasteiger partial charge in [0.05, 0.1) is 0 Å². The van der Waals surface area contributed by atoms with E-state index in [1.807, 2.05) is 30.3 Å². The molecule has 1 aliphatic carbocycles. The molecule has 18 heavy (non-hydrogen) atoms. The van der Waals surface area contributed by atoms with Gasteiger partial charge in [-0.1, -0.05) is 30.3 Å². The van der Waals surface area contributed by atoms with Crippen molar-refractivity contribution < 1.29 is 4.79 Å². The average Bonchev–Trinajstić information content (AvgIpc) is 3.20. The molecular formula is C14H21N3O. The van der Waals surface area contributed by atoms with E-state index >= 15 is 0 Å². The minimum Gasteiger partial charge on any atom is -0.368 e. The summed E-state index contributed by atoms with van der Waals surface area (Å²) in [5.74, 6) is -0.460. The van der Waals surface area contributed by atoms with Crippen LogP contribution in [0, 0.1) is 0 Å². The Hall–Kier alpha value is -1.39. The van der Waals surface area contributed by atoms with Gasteiger partial charge in [0, 0.05) is 12.6 Å². The molecule has 4 nitrogen and oxygen atoms in total. The molecule has 4 N–H and O–H groups in total. The van der Waals surface area contributed by atoms with Crippen molar-refractivity contribution >= 4 is 5.91 Å². The standard InChI is InChI=1S/C14H21N3O/c1-17(12-7-8-12)10-9-14(16,13(15)18)11-5-3-2-4-6-11/h2-6,12H,7-10,16H2,1H3,(H2,15,18). The van der Waals surface area contributed by atoms with Gasteiger partial charge in [-0.05, 0) is 31.9 Å². The molecule has 2 rings (SSSR count). The summed E-state index contributed by atoms with van der Waals surface area (Å²) >= 11 is 0. The van der Waals surface area contributed by atoms with Crippen LogP contribution in [-0.4, -0.2) is 30.4 Å². The van der Waals surface area contributed by atoms with E-state index in [-0.39, 0.29) is 0 Å². The number of carbonyl (C=O) groups excluding carboxylic acids is 1. The summed E-state index contributed by atoms with van der Waals surface area (Å²) < 4.78 is 0. The Labute approximate surface area is 108 Å². The molecule has 1 saturated carbocycles. The van der Waals surface area contributed by atoms with Gasteiger partial charge in [0.15, 0.2) is 0 Å². The van der Waals surface area contributed by atoms with E-state index in [0.717, 1.165) is 12.1 Å². The van der Waals surface area contributed by atoms with Gasteiger partial charge in [-0.2, -0.15) is 0 Å². The summed E-state index contributed by atoms with van der Waals surface area (Å²) in [5.41, 5.74) is 11.5. The molecule has 1 aliphatic rings. The molecule has 0 radical (unpaired) electrons. The fourth-order valence-corrected chi connectivity index (χ4v) is 2.20. The van der Waals surface area contributed by atoms with Gasteiger partial charge in [0.2, 0.25) is 5.91 Å². The second kappa shape index (κ2) is 5.08. The molecule has 1 aromatic carbocycles. The highest BCUT2D eigenvalue weighted by Gasteiger charge is 2.35. The summed E-state index contributed by atoms with van der Waals surface area (Å²) in [6, 6.07) is 10.1. The Bertz CT molecular complexity index is 416. The lowest BCUT2D eigenvalue weighted by molar-refractivity contribution is -0.123. The summed E-state index contributed by atoms with van der Waals surface area (Å²) in [4.78, 5) is 14.0. The summed E-state index contributed by atoms with van der Waals surface area (Å²) in [6.45, 7) is 0.791. The minimum atomic E-state index is -1.07. The molecule has 1 fully saturated rings. The van der Waals surface area contributed by atoms with Crippen LogP contribution in [0.3, 0.4) is 0 Å². The second-order valence-electron chi connectivity index (χ2n) is 5.16. The number of primary amides is 1. The van der Waals surface area contributed by atoms with E-state index in [1.54, 1.807) is 0 Å². The van der Waals surface area contributed by atoms with Crippen molar-refractivity contribution in [2.45, 2.75) is 30.8 Å². The topological polar surface area (TPSA) is 72.3 Å². The monoisotopic (exact) mass is 247 g/mol. The van der Waals surface area contributed by atoms with Crippen molar-refractivity contribution in [3.8, 4) is 0 Å². The van der Waals surface area contributed by atoms with Crippen LogP contribution in [0.2, 0.25) is 0 Å². The van der Waals surface area contributed by atoms with E-state index in [9.17, 15) is 4.79 Å². The third-order valence-corrected chi connectivity index (χ3v) is 3.76. The molecule has 0 aromatic heterocycles. The van der Waals surface area contributed by atoms with Crippen molar-refractivity contribution in [2.24, 2.45) is 11.5 Å². The molecule has 1 unspecified atom stereocenters. The molecule has 4 heteroatoms. The number of carbonyl (C=O) groups is 1. The molecule has 1 amide bonds. The van der Waals surface area contributed by atoms with Crippen molar-refractivity contribution in [1.82, 2.24) is 4.90 Å². The SMILES string of the molecule is CN(CCC(N)(C(N)=O)c1ccccc1)C1CC1. The number of nitrogens with two attached hydrogens (primary N) is 2. The molecule has 0 saturated heterocycles. The van der Waals surface area contributed by atoms with Crippen molar-refractivity contribution in [1.29, 1.82) is 0 Å². The number of rotatable bonds is 6. The van der Waals surface area contributed by atoms with Crippen molar-refractivity contribution in [3.63, 3.8) is 0 Å². The number of benzene rings is 1. The maximum atomic E-state index is 11.7. The second-order valence-corrected chi connectivity index (χ2v) is 5.16. The van der Waals surface area contributed by atoms with Crippen LogP contribution < -0.4 is 11.5 Å². The van der Waals surface area contributed by atoms with E-state index in [1.165, 1.54) is 12.8 Å². The lowest BCUT2D eigenvalue weighted by Crippen LogP contribution is -2.50. The van der Waals surface area contributed by atoms with Gasteiger partial charge in [-0.3, -0.25) is 4.79 Å². The van der Waals surface area contributed by atoms with Gasteiger partial charge in [-0.25, -0.2) is 0 Å². The molecule has 1 atom stereocenters. The van der Waals surface area contributed by atoms with E-state index < -0.39 is 11.4 Å². The highest BCUT2D eigenvalue weighted by Crippen LogP contribution is 2.28. The number of hydrogen-bond acceptors (Lipinski definition) is 3. The first-order valence-corrected chi connectivity index (χ1v) is 6.38. The quantitative estimate of drug-likeness (QED) is 0.781.